The average Bonchev–Trinajstić information content (AvgIpc) is 2.77. The van der Waals surface area contributed by atoms with Gasteiger partial charge in [0, 0.05) is 37.3 Å². The van der Waals surface area contributed by atoms with Crippen molar-refractivity contribution in [2.24, 2.45) is 0 Å². The first-order valence-corrected chi connectivity index (χ1v) is 10.3. The van der Waals surface area contributed by atoms with Crippen molar-refractivity contribution in [3.8, 4) is 5.75 Å². The fourth-order valence-electron chi connectivity index (χ4n) is 3.94. The zero-order chi connectivity index (χ0) is 19.3. The highest BCUT2D eigenvalue weighted by molar-refractivity contribution is 5.92. The molecule has 0 bridgehead atoms. The van der Waals surface area contributed by atoms with Gasteiger partial charge >= 0.3 is 0 Å². The fourth-order valence-corrected chi connectivity index (χ4v) is 3.94. The van der Waals surface area contributed by atoms with Crippen LogP contribution in [-0.2, 0) is 12.8 Å². The minimum absolute atomic E-state index is 0.904. The van der Waals surface area contributed by atoms with Crippen molar-refractivity contribution < 1.29 is 4.74 Å². The van der Waals surface area contributed by atoms with Crippen molar-refractivity contribution in [2.45, 2.75) is 19.8 Å². The number of benzene rings is 2. The van der Waals surface area contributed by atoms with E-state index in [1.807, 2.05) is 12.1 Å². The van der Waals surface area contributed by atoms with Gasteiger partial charge in [-0.3, -0.25) is 0 Å². The summed E-state index contributed by atoms with van der Waals surface area (Å²) in [6.45, 7) is 7.69. The molecule has 0 N–H and O–H groups in total. The predicted molar refractivity (Wildman–Crippen MR) is 116 cm³/mol. The van der Waals surface area contributed by atoms with E-state index in [0.717, 1.165) is 57.1 Å². The van der Waals surface area contributed by atoms with Crippen LogP contribution in [0, 0.1) is 0 Å². The van der Waals surface area contributed by atoms with Gasteiger partial charge in [0.05, 0.1) is 7.11 Å². The number of fused-ring (bicyclic) bond motifs is 1. The first-order chi connectivity index (χ1) is 13.8. The number of aryl methyl sites for hydroxylation is 2. The minimum Gasteiger partial charge on any atom is -0.497 e. The van der Waals surface area contributed by atoms with E-state index >= 15 is 0 Å². The van der Waals surface area contributed by atoms with Crippen LogP contribution >= 0.6 is 0 Å². The molecule has 0 aliphatic carbocycles. The summed E-state index contributed by atoms with van der Waals surface area (Å²) < 4.78 is 5.26. The summed E-state index contributed by atoms with van der Waals surface area (Å²) in [4.78, 5) is 10.1. The number of hydrogen-bond acceptors (Lipinski definition) is 4. The Balaban J connectivity index is 1.56. The normalized spacial score (nSPS) is 15.1. The van der Waals surface area contributed by atoms with Gasteiger partial charge in [-0.2, -0.15) is 0 Å². The molecule has 0 radical (unpaired) electrons. The van der Waals surface area contributed by atoms with Crippen molar-refractivity contribution in [3.05, 3.63) is 65.9 Å². The van der Waals surface area contributed by atoms with E-state index in [4.69, 9.17) is 9.72 Å². The molecule has 0 amide bonds. The maximum absolute atomic E-state index is 5.26. The Morgan fingerprint density at radius 3 is 2.39 bits per heavy atom. The van der Waals surface area contributed by atoms with Gasteiger partial charge in [-0.05, 0) is 48.5 Å². The Bertz CT molecular complexity index is 915. The van der Waals surface area contributed by atoms with Crippen LogP contribution in [0.1, 0.15) is 18.2 Å². The van der Waals surface area contributed by atoms with Crippen LogP contribution in [0.5, 0.6) is 5.75 Å². The van der Waals surface area contributed by atoms with E-state index in [1.165, 1.54) is 22.0 Å². The highest BCUT2D eigenvalue weighted by Gasteiger charge is 2.19. The summed E-state index contributed by atoms with van der Waals surface area (Å²) in [5, 5.41) is 2.55. The van der Waals surface area contributed by atoms with E-state index < -0.39 is 0 Å². The number of aromatic nitrogens is 1. The van der Waals surface area contributed by atoms with Gasteiger partial charge in [-0.1, -0.05) is 43.3 Å². The molecule has 1 aliphatic rings. The molecule has 1 fully saturated rings. The summed E-state index contributed by atoms with van der Waals surface area (Å²) in [5.41, 5.74) is 2.48. The van der Waals surface area contributed by atoms with Crippen molar-refractivity contribution in [1.29, 1.82) is 0 Å². The third-order valence-electron chi connectivity index (χ3n) is 5.72. The van der Waals surface area contributed by atoms with Crippen LogP contribution in [0.3, 0.4) is 0 Å². The van der Waals surface area contributed by atoms with Crippen molar-refractivity contribution in [2.75, 3.05) is 44.7 Å². The predicted octanol–water partition coefficient (Wildman–Crippen LogP) is 4.17. The second-order valence-corrected chi connectivity index (χ2v) is 7.43. The van der Waals surface area contributed by atoms with Crippen molar-refractivity contribution >= 4 is 16.6 Å². The van der Waals surface area contributed by atoms with Gasteiger partial charge in [-0.25, -0.2) is 4.98 Å². The Labute approximate surface area is 167 Å². The van der Waals surface area contributed by atoms with Crippen molar-refractivity contribution in [1.82, 2.24) is 9.88 Å². The number of anilines is 1. The standard InChI is InChI=1S/C24H29N3O/c1-3-26-14-16-27(17-15-26)24-23-7-5-4-6-20(23)18-21(25-24)11-8-19-9-12-22(28-2)13-10-19/h4-7,9-10,12-13,18H,3,8,11,14-17H2,1-2H3. The second-order valence-electron chi connectivity index (χ2n) is 7.43. The number of nitrogens with zero attached hydrogens (tertiary/aromatic N) is 3. The van der Waals surface area contributed by atoms with Crippen LogP contribution in [-0.4, -0.2) is 49.7 Å². The summed E-state index contributed by atoms with van der Waals surface area (Å²) in [6, 6.07) is 19.3. The summed E-state index contributed by atoms with van der Waals surface area (Å²) in [7, 11) is 1.70. The lowest BCUT2D eigenvalue weighted by Crippen LogP contribution is -2.46. The third-order valence-corrected chi connectivity index (χ3v) is 5.72. The third kappa shape index (κ3) is 4.12. The molecule has 4 heteroatoms. The number of rotatable bonds is 6. The lowest BCUT2D eigenvalue weighted by molar-refractivity contribution is 0.270. The smallest absolute Gasteiger partial charge is 0.136 e. The highest BCUT2D eigenvalue weighted by Crippen LogP contribution is 2.27. The second kappa shape index (κ2) is 8.61. The van der Waals surface area contributed by atoms with Gasteiger partial charge in [0.2, 0.25) is 0 Å². The Morgan fingerprint density at radius 1 is 0.929 bits per heavy atom. The van der Waals surface area contributed by atoms with Crippen LogP contribution < -0.4 is 9.64 Å². The van der Waals surface area contributed by atoms with E-state index in [-0.39, 0.29) is 0 Å². The fraction of sp³-hybridized carbons (Fsp3) is 0.375. The van der Waals surface area contributed by atoms with Gasteiger partial charge < -0.3 is 14.5 Å². The lowest BCUT2D eigenvalue weighted by atomic mass is 10.0. The van der Waals surface area contributed by atoms with E-state index in [9.17, 15) is 0 Å². The molecule has 2 aromatic carbocycles. The maximum Gasteiger partial charge on any atom is 0.136 e. The van der Waals surface area contributed by atoms with Crippen LogP contribution in [0.2, 0.25) is 0 Å². The molecular weight excluding hydrogens is 346 g/mol. The maximum atomic E-state index is 5.26. The molecule has 0 saturated carbocycles. The number of piperazine rings is 1. The van der Waals surface area contributed by atoms with Gasteiger partial charge in [-0.15, -0.1) is 0 Å². The molecule has 3 aromatic rings. The van der Waals surface area contributed by atoms with Gasteiger partial charge in [0.15, 0.2) is 0 Å². The number of hydrogen-bond donors (Lipinski definition) is 0. The molecule has 1 aromatic heterocycles. The largest absolute Gasteiger partial charge is 0.497 e. The molecule has 0 atom stereocenters. The lowest BCUT2D eigenvalue weighted by Gasteiger charge is -2.35. The number of likely N-dealkylation sites (N-methyl/N-ethyl adjacent to an activating group) is 1. The topological polar surface area (TPSA) is 28.6 Å². The van der Waals surface area contributed by atoms with E-state index in [1.54, 1.807) is 7.11 Å². The summed E-state index contributed by atoms with van der Waals surface area (Å²) >= 11 is 0. The van der Waals surface area contributed by atoms with Crippen molar-refractivity contribution in [3.63, 3.8) is 0 Å². The summed E-state index contributed by atoms with van der Waals surface area (Å²) in [6.07, 6.45) is 1.93. The SMILES string of the molecule is CCN1CCN(c2nc(CCc3ccc(OC)cc3)cc3ccccc23)CC1. The van der Waals surface area contributed by atoms with E-state index in [0.29, 0.717) is 0 Å². The molecule has 4 nitrogen and oxygen atoms in total. The van der Waals surface area contributed by atoms with Crippen LogP contribution in [0.4, 0.5) is 5.82 Å². The minimum atomic E-state index is 0.904. The molecule has 2 heterocycles. The molecule has 4 rings (SSSR count). The number of methoxy groups -OCH3 is 1. The van der Waals surface area contributed by atoms with Crippen LogP contribution in [0.15, 0.2) is 54.6 Å². The molecule has 0 spiro atoms. The Kier molecular flexibility index (Phi) is 5.77. The average molecular weight is 376 g/mol. The molecule has 1 aliphatic heterocycles. The van der Waals surface area contributed by atoms with Gasteiger partial charge in [0.25, 0.3) is 0 Å². The number of pyridine rings is 1. The molecule has 0 unspecified atom stereocenters. The first kappa shape index (κ1) is 18.8. The Morgan fingerprint density at radius 2 is 1.68 bits per heavy atom. The van der Waals surface area contributed by atoms with E-state index in [2.05, 4.69) is 59.2 Å². The molecule has 1 saturated heterocycles. The number of ether oxygens (including phenoxy) is 1. The van der Waals surface area contributed by atoms with Gasteiger partial charge in [0.1, 0.15) is 11.6 Å². The molecule has 146 valence electrons. The van der Waals surface area contributed by atoms with Crippen LogP contribution in [0.25, 0.3) is 10.8 Å². The zero-order valence-electron chi connectivity index (χ0n) is 16.9. The Hall–Kier alpha value is -2.59. The highest BCUT2D eigenvalue weighted by atomic mass is 16.5. The molecule has 28 heavy (non-hydrogen) atoms. The molecular formula is C24H29N3O. The zero-order valence-corrected chi connectivity index (χ0v) is 16.9. The quantitative estimate of drug-likeness (QED) is 0.646. The first-order valence-electron chi connectivity index (χ1n) is 10.3. The monoisotopic (exact) mass is 375 g/mol. The summed E-state index contributed by atoms with van der Waals surface area (Å²) in [5.74, 6) is 2.06.